The monoisotopic (exact) mass is 682 g/mol. The number of hydrogen-bond acceptors (Lipinski definition) is 8. The van der Waals surface area contributed by atoms with Crippen molar-refractivity contribution in [3.63, 3.8) is 0 Å². The Kier molecular flexibility index (Phi) is 7.35. The minimum Gasteiger partial charge on any atom is -0.334 e. The zero-order chi connectivity index (χ0) is 32.5. The average molecular weight is 683 g/mol. The number of sulfonamides is 1. The molecule has 0 saturated carbocycles. The van der Waals surface area contributed by atoms with Gasteiger partial charge in [0, 0.05) is 47.4 Å². The number of carbonyl (C=O) groups excluding carboxylic acids is 1. The molecule has 3 aliphatic heterocycles. The Labute approximate surface area is 263 Å². The van der Waals surface area contributed by atoms with E-state index >= 15 is 8.78 Å². The summed E-state index contributed by atoms with van der Waals surface area (Å²) in [7, 11) is -2.52. The predicted octanol–water partition coefficient (Wildman–Crippen LogP) is 4.90. The van der Waals surface area contributed by atoms with Gasteiger partial charge in [0.25, 0.3) is 0 Å². The van der Waals surface area contributed by atoms with Crippen molar-refractivity contribution in [1.29, 1.82) is 0 Å². The Balaban J connectivity index is 1.39. The Morgan fingerprint density at radius 2 is 2.04 bits per heavy atom. The number of alkyl halides is 5. The number of nitrogens with zero attached hydrogens (tertiary/aromatic N) is 6. The first kappa shape index (κ1) is 30.6. The largest absolute Gasteiger partial charge is 0.417 e. The van der Waals surface area contributed by atoms with Gasteiger partial charge in [0.1, 0.15) is 11.3 Å². The lowest BCUT2D eigenvalue weighted by Crippen LogP contribution is -2.54. The van der Waals surface area contributed by atoms with Gasteiger partial charge in [0.2, 0.25) is 10.0 Å². The number of pyridine rings is 1. The molecule has 1 atom stereocenters. The molecule has 6 heterocycles. The number of thioether (sulfide) groups is 1. The highest BCUT2D eigenvalue weighted by molar-refractivity contribution is 7.99. The summed E-state index contributed by atoms with van der Waals surface area (Å²) in [5, 5.41) is 0.894. The van der Waals surface area contributed by atoms with Gasteiger partial charge in [-0.15, -0.1) is 17.3 Å². The van der Waals surface area contributed by atoms with Crippen LogP contribution in [0.5, 0.6) is 0 Å². The fourth-order valence-corrected chi connectivity index (χ4v) is 9.07. The molecular formula is C28H27F5N8O3S2. The lowest BCUT2D eigenvalue weighted by Gasteiger charge is -2.34. The Bertz CT molecular complexity index is 2010. The molecule has 0 radical (unpaired) electrons. The van der Waals surface area contributed by atoms with Gasteiger partial charge in [0.05, 0.1) is 41.3 Å². The van der Waals surface area contributed by atoms with Gasteiger partial charge in [-0.05, 0) is 43.0 Å². The van der Waals surface area contributed by atoms with Gasteiger partial charge in [-0.2, -0.15) is 22.0 Å². The predicted molar refractivity (Wildman–Crippen MR) is 161 cm³/mol. The molecule has 2 N–H and O–H groups in total. The molecule has 1 unspecified atom stereocenters. The Morgan fingerprint density at radius 3 is 2.76 bits per heavy atom. The molecule has 1 saturated heterocycles. The summed E-state index contributed by atoms with van der Waals surface area (Å²) in [4.78, 5) is 18.7. The van der Waals surface area contributed by atoms with E-state index in [4.69, 9.17) is 0 Å². The SMILES string of the molecule is Cn1cnc2c3c(c(C(F)(F)F)cc21)-c1cccn2c(N(C(F)F)C4CCCS(=O)(=O)N(C(=O)N5C=CNN5)C4)cc(c12)CCS3. The highest BCUT2D eigenvalue weighted by Gasteiger charge is 2.41. The number of hydrogen-bond donors (Lipinski definition) is 2. The van der Waals surface area contributed by atoms with Crippen LogP contribution in [0.25, 0.3) is 27.7 Å². The lowest BCUT2D eigenvalue weighted by atomic mass is 9.96. The van der Waals surface area contributed by atoms with E-state index in [-0.39, 0.29) is 29.8 Å². The molecule has 4 aromatic rings. The van der Waals surface area contributed by atoms with Gasteiger partial charge < -0.3 is 14.4 Å². The first-order valence-corrected chi connectivity index (χ1v) is 16.9. The van der Waals surface area contributed by atoms with Gasteiger partial charge in [-0.1, -0.05) is 6.07 Å². The number of hydrazine groups is 2. The minimum absolute atomic E-state index is 0.0136. The van der Waals surface area contributed by atoms with Crippen LogP contribution in [0.4, 0.5) is 32.6 Å². The van der Waals surface area contributed by atoms with Crippen LogP contribution in [0.3, 0.4) is 0 Å². The van der Waals surface area contributed by atoms with Gasteiger partial charge in [0.15, 0.2) is 0 Å². The summed E-state index contributed by atoms with van der Waals surface area (Å²) in [6, 6.07) is 3.55. The number of imidazole rings is 1. The third kappa shape index (κ3) is 4.93. The third-order valence-corrected chi connectivity index (χ3v) is 11.3. The van der Waals surface area contributed by atoms with E-state index in [0.29, 0.717) is 43.5 Å². The number of amides is 2. The molecule has 0 aliphatic carbocycles. The number of urea groups is 1. The van der Waals surface area contributed by atoms with Crippen LogP contribution >= 0.6 is 11.8 Å². The highest BCUT2D eigenvalue weighted by atomic mass is 32.2. The summed E-state index contributed by atoms with van der Waals surface area (Å²) < 4.78 is 104. The Hall–Kier alpha value is -4.03. The number of benzene rings is 1. The molecule has 46 heavy (non-hydrogen) atoms. The third-order valence-electron chi connectivity index (χ3n) is 8.45. The van der Waals surface area contributed by atoms with E-state index in [1.165, 1.54) is 57.8 Å². The van der Waals surface area contributed by atoms with Crippen molar-refractivity contribution in [3.05, 3.63) is 60.3 Å². The van der Waals surface area contributed by atoms with E-state index in [0.717, 1.165) is 16.0 Å². The minimum atomic E-state index is -4.73. The molecular weight excluding hydrogens is 655 g/mol. The van der Waals surface area contributed by atoms with Crippen LogP contribution in [-0.2, 0) is 29.7 Å². The van der Waals surface area contributed by atoms with Crippen LogP contribution in [0.2, 0.25) is 0 Å². The smallest absolute Gasteiger partial charge is 0.334 e. The number of nitrogens with one attached hydrogen (secondary N) is 2. The fraction of sp³-hybridized carbons (Fsp3) is 0.357. The second kappa shape index (κ2) is 11.0. The van der Waals surface area contributed by atoms with Crippen LogP contribution < -0.4 is 15.9 Å². The standard InChI is InChI=1S/C28H27F5N8O3S2/c1-37-15-34-23-20(37)13-19(28(31,32)33)22-18-5-2-8-38-21(12-16(24(18)38)6-10-45-25(22)23)41(26(29)30)17-4-3-11-46(43,44)40(14-17)27(42)39-9-7-35-36-39/h2,5,7-9,12-13,15,17,26,35-36H,3-4,6,10-11,14H2,1H3. The summed E-state index contributed by atoms with van der Waals surface area (Å²) in [5.74, 6) is -0.0748. The van der Waals surface area contributed by atoms with Crippen molar-refractivity contribution in [1.82, 2.24) is 34.2 Å². The average Bonchev–Trinajstić information content (AvgIpc) is 3.71. The topological polar surface area (TPSA) is 107 Å². The molecule has 3 aliphatic rings. The molecule has 0 spiro atoms. The van der Waals surface area contributed by atoms with Crippen molar-refractivity contribution in [2.24, 2.45) is 7.05 Å². The van der Waals surface area contributed by atoms with Crippen molar-refractivity contribution < 1.29 is 35.2 Å². The van der Waals surface area contributed by atoms with E-state index in [1.54, 1.807) is 13.1 Å². The van der Waals surface area contributed by atoms with Crippen molar-refractivity contribution in [2.45, 2.75) is 42.9 Å². The van der Waals surface area contributed by atoms with Crippen LogP contribution in [-0.4, -0.2) is 68.4 Å². The van der Waals surface area contributed by atoms with Gasteiger partial charge in [-0.25, -0.2) is 27.5 Å². The number of carbonyl (C=O) groups is 1. The highest BCUT2D eigenvalue weighted by Crippen LogP contribution is 2.49. The maximum absolute atomic E-state index is 15.1. The second-order valence-electron chi connectivity index (χ2n) is 11.2. The summed E-state index contributed by atoms with van der Waals surface area (Å²) in [5.41, 5.74) is 5.95. The molecule has 244 valence electrons. The zero-order valence-electron chi connectivity index (χ0n) is 24.1. The van der Waals surface area contributed by atoms with Gasteiger partial charge >= 0.3 is 18.8 Å². The first-order valence-electron chi connectivity index (χ1n) is 14.3. The van der Waals surface area contributed by atoms with E-state index in [1.807, 2.05) is 0 Å². The molecule has 18 heteroatoms. The zero-order valence-corrected chi connectivity index (χ0v) is 25.8. The molecule has 11 nitrogen and oxygen atoms in total. The number of halogens is 5. The second-order valence-corrected chi connectivity index (χ2v) is 14.3. The number of anilines is 1. The summed E-state index contributed by atoms with van der Waals surface area (Å²) in [6.45, 7) is -3.69. The molecule has 1 aromatic carbocycles. The van der Waals surface area contributed by atoms with E-state index in [2.05, 4.69) is 15.9 Å². The van der Waals surface area contributed by atoms with Crippen LogP contribution in [0.15, 0.2) is 54.1 Å². The number of aryl methyl sites for hydroxylation is 2. The lowest BCUT2D eigenvalue weighted by molar-refractivity contribution is -0.137. The maximum Gasteiger partial charge on any atom is 0.417 e. The maximum atomic E-state index is 15.1. The first-order chi connectivity index (χ1) is 21.9. The normalized spacial score (nSPS) is 19.7. The van der Waals surface area contributed by atoms with Crippen molar-refractivity contribution >= 4 is 50.2 Å². The van der Waals surface area contributed by atoms with Crippen LogP contribution in [0, 0.1) is 0 Å². The van der Waals surface area contributed by atoms with Crippen molar-refractivity contribution in [2.75, 3.05) is 23.0 Å². The molecule has 7 rings (SSSR count). The molecule has 0 bridgehead atoms. The summed E-state index contributed by atoms with van der Waals surface area (Å²) in [6.07, 6.45) is 1.26. The van der Waals surface area contributed by atoms with E-state index in [9.17, 15) is 26.4 Å². The molecule has 2 amide bonds. The molecule has 1 fully saturated rings. The van der Waals surface area contributed by atoms with Crippen molar-refractivity contribution in [3.8, 4) is 11.1 Å². The number of fused-ring (bicyclic) bond motifs is 4. The Morgan fingerprint density at radius 1 is 1.24 bits per heavy atom. The number of rotatable bonds is 3. The fourth-order valence-electron chi connectivity index (χ4n) is 6.41. The number of aromatic nitrogens is 3. The molecule has 3 aromatic heterocycles. The summed E-state index contributed by atoms with van der Waals surface area (Å²) >= 11 is 1.23. The van der Waals surface area contributed by atoms with Gasteiger partial charge in [-0.3, -0.25) is 4.90 Å². The van der Waals surface area contributed by atoms with E-state index < -0.39 is 52.7 Å². The van der Waals surface area contributed by atoms with Crippen LogP contribution in [0.1, 0.15) is 24.0 Å². The quantitative estimate of drug-likeness (QED) is 0.232.